The van der Waals surface area contributed by atoms with Crippen LogP contribution >= 0.6 is 11.3 Å². The summed E-state index contributed by atoms with van der Waals surface area (Å²) in [5.74, 6) is -0.883. The van der Waals surface area contributed by atoms with Crippen LogP contribution in [0, 0.1) is 0 Å². The summed E-state index contributed by atoms with van der Waals surface area (Å²) in [4.78, 5) is 36.2. The first kappa shape index (κ1) is 16.7. The van der Waals surface area contributed by atoms with Crippen LogP contribution in [-0.4, -0.2) is 30.8 Å². The molecule has 7 heteroatoms. The summed E-state index contributed by atoms with van der Waals surface area (Å²) in [6.07, 6.45) is 0. The van der Waals surface area contributed by atoms with Gasteiger partial charge in [0.15, 0.2) is 0 Å². The number of carbonyl (C=O) groups excluding carboxylic acids is 3. The van der Waals surface area contributed by atoms with E-state index in [1.807, 2.05) is 0 Å². The van der Waals surface area contributed by atoms with Gasteiger partial charge >= 0.3 is 0 Å². The van der Waals surface area contributed by atoms with Crippen molar-refractivity contribution >= 4 is 34.7 Å². The third-order valence-corrected chi connectivity index (χ3v) is 3.97. The van der Waals surface area contributed by atoms with Crippen molar-refractivity contribution in [3.05, 3.63) is 52.2 Å². The van der Waals surface area contributed by atoms with E-state index in [0.717, 1.165) is 0 Å². The van der Waals surface area contributed by atoms with Crippen molar-refractivity contribution in [2.45, 2.75) is 13.0 Å². The summed E-state index contributed by atoms with van der Waals surface area (Å²) in [6, 6.07) is 9.34. The van der Waals surface area contributed by atoms with Gasteiger partial charge < -0.3 is 16.0 Å². The number of thiophene rings is 1. The zero-order valence-electron chi connectivity index (χ0n) is 12.8. The Balaban J connectivity index is 1.98. The van der Waals surface area contributed by atoms with Gasteiger partial charge in [0.1, 0.15) is 6.04 Å². The van der Waals surface area contributed by atoms with Gasteiger partial charge in [0, 0.05) is 18.3 Å². The van der Waals surface area contributed by atoms with Crippen molar-refractivity contribution < 1.29 is 14.4 Å². The van der Waals surface area contributed by atoms with Crippen molar-refractivity contribution in [2.24, 2.45) is 0 Å². The molecule has 1 aromatic heterocycles. The predicted octanol–water partition coefficient (Wildman–Crippen LogP) is 1.86. The molecule has 0 bridgehead atoms. The van der Waals surface area contributed by atoms with Crippen LogP contribution in [-0.2, 0) is 4.79 Å². The van der Waals surface area contributed by atoms with Crippen LogP contribution in [0.2, 0.25) is 0 Å². The Bertz CT molecular complexity index is 713. The van der Waals surface area contributed by atoms with Crippen LogP contribution in [0.15, 0.2) is 41.8 Å². The fourth-order valence-corrected chi connectivity index (χ4v) is 2.50. The lowest BCUT2D eigenvalue weighted by molar-refractivity contribution is -0.117. The van der Waals surface area contributed by atoms with E-state index < -0.39 is 6.04 Å². The van der Waals surface area contributed by atoms with E-state index >= 15 is 0 Å². The van der Waals surface area contributed by atoms with E-state index in [1.165, 1.54) is 18.4 Å². The van der Waals surface area contributed by atoms with Crippen molar-refractivity contribution in [3.8, 4) is 0 Å². The zero-order valence-corrected chi connectivity index (χ0v) is 13.6. The molecule has 120 valence electrons. The lowest BCUT2D eigenvalue weighted by Gasteiger charge is -2.14. The Hall–Kier alpha value is -2.67. The second kappa shape index (κ2) is 7.55. The quantitative estimate of drug-likeness (QED) is 0.781. The smallest absolute Gasteiger partial charge is 0.261 e. The summed E-state index contributed by atoms with van der Waals surface area (Å²) in [7, 11) is 1.54. The molecule has 2 rings (SSSR count). The highest BCUT2D eigenvalue weighted by Gasteiger charge is 2.17. The molecule has 0 aliphatic rings. The van der Waals surface area contributed by atoms with Gasteiger partial charge in [0.05, 0.1) is 4.88 Å². The first-order valence-electron chi connectivity index (χ1n) is 6.98. The van der Waals surface area contributed by atoms with Gasteiger partial charge in [0.2, 0.25) is 5.91 Å². The van der Waals surface area contributed by atoms with E-state index in [1.54, 1.807) is 48.7 Å². The van der Waals surface area contributed by atoms with Gasteiger partial charge in [-0.15, -0.1) is 11.3 Å². The van der Waals surface area contributed by atoms with Crippen LogP contribution in [0.3, 0.4) is 0 Å². The number of rotatable bonds is 5. The lowest BCUT2D eigenvalue weighted by Crippen LogP contribution is -2.41. The van der Waals surface area contributed by atoms with Gasteiger partial charge in [-0.2, -0.15) is 0 Å². The summed E-state index contributed by atoms with van der Waals surface area (Å²) in [6.45, 7) is 1.60. The number of carbonyl (C=O) groups is 3. The summed E-state index contributed by atoms with van der Waals surface area (Å²) < 4.78 is 0. The molecule has 1 unspecified atom stereocenters. The normalized spacial score (nSPS) is 11.4. The summed E-state index contributed by atoms with van der Waals surface area (Å²) in [5, 5.41) is 9.63. The van der Waals surface area contributed by atoms with Crippen molar-refractivity contribution in [3.63, 3.8) is 0 Å². The van der Waals surface area contributed by atoms with E-state index in [9.17, 15) is 14.4 Å². The van der Waals surface area contributed by atoms with Gasteiger partial charge in [-0.1, -0.05) is 12.1 Å². The first-order chi connectivity index (χ1) is 11.0. The van der Waals surface area contributed by atoms with E-state index in [-0.39, 0.29) is 17.7 Å². The molecule has 6 nitrogen and oxygen atoms in total. The van der Waals surface area contributed by atoms with Crippen molar-refractivity contribution in [1.29, 1.82) is 0 Å². The highest BCUT2D eigenvalue weighted by molar-refractivity contribution is 7.12. The molecule has 23 heavy (non-hydrogen) atoms. The average Bonchev–Trinajstić information content (AvgIpc) is 3.08. The van der Waals surface area contributed by atoms with Crippen LogP contribution in [0.1, 0.15) is 27.0 Å². The van der Waals surface area contributed by atoms with Crippen molar-refractivity contribution in [1.82, 2.24) is 10.6 Å². The zero-order chi connectivity index (χ0) is 16.8. The SMILES string of the molecule is CNC(=O)c1cccc(NC(=O)C(C)NC(=O)c2cccs2)c1. The monoisotopic (exact) mass is 331 g/mol. The topological polar surface area (TPSA) is 87.3 Å². The minimum Gasteiger partial charge on any atom is -0.355 e. The number of anilines is 1. The van der Waals surface area contributed by atoms with Crippen LogP contribution in [0.25, 0.3) is 0 Å². The van der Waals surface area contributed by atoms with Crippen molar-refractivity contribution in [2.75, 3.05) is 12.4 Å². The highest BCUT2D eigenvalue weighted by Crippen LogP contribution is 2.12. The fraction of sp³-hybridized carbons (Fsp3) is 0.188. The molecule has 0 fully saturated rings. The fourth-order valence-electron chi connectivity index (χ4n) is 1.87. The number of benzene rings is 1. The predicted molar refractivity (Wildman–Crippen MR) is 89.7 cm³/mol. The van der Waals surface area contributed by atoms with E-state index in [4.69, 9.17) is 0 Å². The first-order valence-corrected chi connectivity index (χ1v) is 7.86. The molecule has 0 spiro atoms. The number of hydrogen-bond donors (Lipinski definition) is 3. The minimum absolute atomic E-state index is 0.236. The third-order valence-electron chi connectivity index (χ3n) is 3.11. The summed E-state index contributed by atoms with van der Waals surface area (Å²) >= 11 is 1.31. The molecule has 1 atom stereocenters. The Morgan fingerprint density at radius 3 is 2.52 bits per heavy atom. The molecule has 0 radical (unpaired) electrons. The molecule has 2 aromatic rings. The van der Waals surface area contributed by atoms with Crippen LogP contribution in [0.4, 0.5) is 5.69 Å². The molecule has 1 heterocycles. The standard InChI is InChI=1S/C16H17N3O3S/c1-10(18-16(22)13-7-4-8-23-13)14(20)19-12-6-3-5-11(9-12)15(21)17-2/h3-10H,1-2H3,(H,17,21)(H,18,22)(H,19,20). The molecular weight excluding hydrogens is 314 g/mol. The molecule has 0 aliphatic heterocycles. The maximum Gasteiger partial charge on any atom is 0.261 e. The maximum absolute atomic E-state index is 12.1. The number of hydrogen-bond acceptors (Lipinski definition) is 4. The molecule has 3 amide bonds. The van der Waals surface area contributed by atoms with Gasteiger partial charge in [-0.05, 0) is 36.6 Å². The molecule has 0 saturated carbocycles. The van der Waals surface area contributed by atoms with Crippen LogP contribution < -0.4 is 16.0 Å². The third kappa shape index (κ3) is 4.40. The largest absolute Gasteiger partial charge is 0.355 e. The molecular formula is C16H17N3O3S. The van der Waals surface area contributed by atoms with E-state index in [0.29, 0.717) is 16.1 Å². The van der Waals surface area contributed by atoms with Gasteiger partial charge in [-0.3, -0.25) is 14.4 Å². The summed E-state index contributed by atoms with van der Waals surface area (Å²) in [5.41, 5.74) is 0.939. The maximum atomic E-state index is 12.1. The highest BCUT2D eigenvalue weighted by atomic mass is 32.1. The number of amides is 3. The Morgan fingerprint density at radius 1 is 1.09 bits per heavy atom. The Morgan fingerprint density at radius 2 is 1.87 bits per heavy atom. The Kier molecular flexibility index (Phi) is 5.48. The molecule has 0 saturated heterocycles. The molecule has 0 aliphatic carbocycles. The van der Waals surface area contributed by atoms with Crippen LogP contribution in [0.5, 0.6) is 0 Å². The van der Waals surface area contributed by atoms with E-state index in [2.05, 4.69) is 16.0 Å². The van der Waals surface area contributed by atoms with Gasteiger partial charge in [-0.25, -0.2) is 0 Å². The lowest BCUT2D eigenvalue weighted by atomic mass is 10.2. The second-order valence-corrected chi connectivity index (χ2v) is 5.77. The minimum atomic E-state index is -0.701. The molecule has 3 N–H and O–H groups in total. The second-order valence-electron chi connectivity index (χ2n) is 4.82. The number of nitrogens with one attached hydrogen (secondary N) is 3. The molecule has 1 aromatic carbocycles. The Labute approximate surface area is 137 Å². The average molecular weight is 331 g/mol. The van der Waals surface area contributed by atoms with Gasteiger partial charge in [0.25, 0.3) is 11.8 Å².